The minimum atomic E-state index is -0.649. The number of benzene rings is 2. The predicted octanol–water partition coefficient (Wildman–Crippen LogP) is 3.46. The van der Waals surface area contributed by atoms with Gasteiger partial charge in [0.25, 0.3) is 0 Å². The van der Waals surface area contributed by atoms with Gasteiger partial charge in [-0.15, -0.1) is 11.3 Å². The number of nitrogen functional groups attached to an aromatic ring is 1. The van der Waals surface area contributed by atoms with Crippen molar-refractivity contribution in [1.82, 2.24) is 0 Å². The molecule has 0 unspecified atom stereocenters. The molecule has 172 valence electrons. The average molecular weight is 475 g/mol. The summed E-state index contributed by atoms with van der Waals surface area (Å²) in [7, 11) is 0. The van der Waals surface area contributed by atoms with Crippen molar-refractivity contribution in [3.63, 3.8) is 0 Å². The molecular weight excluding hydrogens is 452 g/mol. The fourth-order valence-electron chi connectivity index (χ4n) is 4.11. The topological polar surface area (TPSA) is 136 Å². The van der Waals surface area contributed by atoms with Crippen molar-refractivity contribution in [1.29, 1.82) is 5.41 Å². The summed E-state index contributed by atoms with van der Waals surface area (Å²) in [6, 6.07) is 13.7. The zero-order chi connectivity index (χ0) is 23.8. The number of fused-ring (bicyclic) bond motifs is 1. The van der Waals surface area contributed by atoms with E-state index in [1.54, 1.807) is 24.3 Å². The molecule has 2 aromatic heterocycles. The first-order valence-electron chi connectivity index (χ1n) is 10.7. The Hall–Kier alpha value is -3.95. The first-order valence-corrected chi connectivity index (χ1v) is 11.6. The highest BCUT2D eigenvalue weighted by molar-refractivity contribution is 7.17. The van der Waals surface area contributed by atoms with Gasteiger partial charge in [0.2, 0.25) is 11.3 Å². The third-order valence-corrected chi connectivity index (χ3v) is 6.80. The van der Waals surface area contributed by atoms with E-state index in [4.69, 9.17) is 26.0 Å². The Kier molecular flexibility index (Phi) is 5.64. The second-order valence-electron chi connectivity index (χ2n) is 7.95. The van der Waals surface area contributed by atoms with Gasteiger partial charge in [0.1, 0.15) is 4.70 Å². The second kappa shape index (κ2) is 8.77. The number of morpholine rings is 1. The minimum Gasteiger partial charge on any atom is -0.439 e. The summed E-state index contributed by atoms with van der Waals surface area (Å²) in [5.41, 5.74) is 15.0. The fraction of sp³-hybridized carbons (Fsp3) is 0.160. The van der Waals surface area contributed by atoms with Gasteiger partial charge in [-0.2, -0.15) is 0 Å². The normalized spacial score (nSPS) is 13.8. The Bertz CT molecular complexity index is 1480. The second-order valence-corrected chi connectivity index (χ2v) is 8.83. The lowest BCUT2D eigenvalue weighted by molar-refractivity contribution is 0.1000. The van der Waals surface area contributed by atoms with E-state index in [0.717, 1.165) is 11.1 Å². The molecule has 5 rings (SSSR count). The van der Waals surface area contributed by atoms with E-state index >= 15 is 0 Å². The van der Waals surface area contributed by atoms with E-state index in [1.807, 2.05) is 28.5 Å². The van der Waals surface area contributed by atoms with Crippen LogP contribution in [0.3, 0.4) is 0 Å². The molecule has 0 aliphatic carbocycles. The van der Waals surface area contributed by atoms with Crippen LogP contribution in [-0.4, -0.2) is 37.9 Å². The number of rotatable bonds is 5. The van der Waals surface area contributed by atoms with Crippen LogP contribution in [0.25, 0.3) is 21.4 Å². The third-order valence-electron chi connectivity index (χ3n) is 5.83. The highest BCUT2D eigenvalue weighted by Crippen LogP contribution is 2.35. The fourth-order valence-corrected chi connectivity index (χ4v) is 5.02. The maximum Gasteiger partial charge on any atom is 0.249 e. The molecule has 1 saturated heterocycles. The highest BCUT2D eigenvalue weighted by Gasteiger charge is 2.20. The molecule has 1 aliphatic heterocycles. The van der Waals surface area contributed by atoms with Crippen LogP contribution in [0.4, 0.5) is 11.6 Å². The van der Waals surface area contributed by atoms with Crippen LogP contribution in [0.5, 0.6) is 0 Å². The molecule has 3 heterocycles. The zero-order valence-corrected chi connectivity index (χ0v) is 19.0. The minimum absolute atomic E-state index is 0.0868. The number of hydrogen-bond donors (Lipinski definition) is 3. The molecule has 0 radical (unpaired) electrons. The van der Waals surface area contributed by atoms with E-state index < -0.39 is 5.91 Å². The van der Waals surface area contributed by atoms with Crippen LogP contribution in [-0.2, 0) is 4.74 Å². The number of carbonyl (C=O) groups excluding carboxylic acids is 1. The van der Waals surface area contributed by atoms with Crippen LogP contribution in [0.1, 0.15) is 21.5 Å². The molecule has 0 saturated carbocycles. The quantitative estimate of drug-likeness (QED) is 0.299. The monoisotopic (exact) mass is 474 g/mol. The molecule has 5 N–H and O–H groups in total. The van der Waals surface area contributed by atoms with Gasteiger partial charge in [0.15, 0.2) is 11.5 Å². The van der Waals surface area contributed by atoms with E-state index in [0.29, 0.717) is 59.3 Å². The molecule has 9 heteroatoms. The Labute approximate surface area is 198 Å². The van der Waals surface area contributed by atoms with Crippen LogP contribution >= 0.6 is 11.3 Å². The number of primary amides is 1. The van der Waals surface area contributed by atoms with Crippen molar-refractivity contribution in [2.24, 2.45) is 5.73 Å². The number of amides is 1. The van der Waals surface area contributed by atoms with Crippen molar-refractivity contribution in [2.75, 3.05) is 36.9 Å². The van der Waals surface area contributed by atoms with Crippen molar-refractivity contribution in [2.45, 2.75) is 0 Å². The molecule has 0 bridgehead atoms. The molecule has 1 aliphatic rings. The molecule has 4 aromatic rings. The van der Waals surface area contributed by atoms with Crippen molar-refractivity contribution in [3.8, 4) is 11.1 Å². The third kappa shape index (κ3) is 3.85. The summed E-state index contributed by atoms with van der Waals surface area (Å²) < 4.78 is 12.1. The molecular formula is C25H22N4O4S. The molecule has 34 heavy (non-hydrogen) atoms. The number of hydrogen-bond acceptors (Lipinski definition) is 8. The number of nitrogens with two attached hydrogens (primary N) is 2. The molecule has 8 nitrogen and oxygen atoms in total. The summed E-state index contributed by atoms with van der Waals surface area (Å²) in [6.07, 6.45) is 0. The maximum absolute atomic E-state index is 12.8. The van der Waals surface area contributed by atoms with Gasteiger partial charge in [0.05, 0.1) is 24.5 Å². The Morgan fingerprint density at radius 2 is 1.85 bits per heavy atom. The van der Waals surface area contributed by atoms with Gasteiger partial charge in [-0.25, -0.2) is 0 Å². The summed E-state index contributed by atoms with van der Waals surface area (Å²) in [6.45, 7) is 2.47. The van der Waals surface area contributed by atoms with Gasteiger partial charge >= 0.3 is 0 Å². The van der Waals surface area contributed by atoms with Crippen molar-refractivity contribution < 1.29 is 13.9 Å². The summed E-state index contributed by atoms with van der Waals surface area (Å²) >= 11 is 1.33. The van der Waals surface area contributed by atoms with Crippen LogP contribution in [0.15, 0.2) is 63.1 Å². The van der Waals surface area contributed by atoms with E-state index in [2.05, 4.69) is 0 Å². The highest BCUT2D eigenvalue weighted by atomic mass is 32.1. The SMILES string of the molecule is N=C(c1cccc(-c2csc3c(=O)cc(N4CCOCC4)oc23)c1)c1c(N)cccc1C(N)=O. The van der Waals surface area contributed by atoms with Crippen LogP contribution in [0, 0.1) is 5.41 Å². The van der Waals surface area contributed by atoms with Crippen LogP contribution in [0.2, 0.25) is 0 Å². The maximum atomic E-state index is 12.8. The first kappa shape index (κ1) is 21.9. The number of anilines is 2. The molecule has 0 atom stereocenters. The predicted molar refractivity (Wildman–Crippen MR) is 134 cm³/mol. The first-order chi connectivity index (χ1) is 16.4. The number of nitrogens with one attached hydrogen (secondary N) is 1. The average Bonchev–Trinajstić information content (AvgIpc) is 3.29. The number of ether oxygens (including phenoxy) is 1. The molecule has 1 fully saturated rings. The van der Waals surface area contributed by atoms with E-state index in [1.165, 1.54) is 17.4 Å². The van der Waals surface area contributed by atoms with Gasteiger partial charge in [-0.05, 0) is 23.8 Å². The lowest BCUT2D eigenvalue weighted by atomic mass is 9.94. The summed E-state index contributed by atoms with van der Waals surface area (Å²) in [5, 5.41) is 10.6. The van der Waals surface area contributed by atoms with Gasteiger partial charge in [0, 0.05) is 46.9 Å². The van der Waals surface area contributed by atoms with E-state index in [-0.39, 0.29) is 16.7 Å². The van der Waals surface area contributed by atoms with Gasteiger partial charge in [-0.1, -0.05) is 24.3 Å². The Morgan fingerprint density at radius 3 is 2.62 bits per heavy atom. The number of carbonyl (C=O) groups is 1. The molecule has 1 amide bonds. The van der Waals surface area contributed by atoms with Crippen molar-refractivity contribution in [3.05, 3.63) is 80.8 Å². The lowest BCUT2D eigenvalue weighted by Gasteiger charge is -2.27. The van der Waals surface area contributed by atoms with Gasteiger partial charge in [-0.3, -0.25) is 15.0 Å². The van der Waals surface area contributed by atoms with Crippen LogP contribution < -0.4 is 21.8 Å². The zero-order valence-electron chi connectivity index (χ0n) is 18.2. The smallest absolute Gasteiger partial charge is 0.249 e. The van der Waals surface area contributed by atoms with Crippen molar-refractivity contribution >= 4 is 44.8 Å². The largest absolute Gasteiger partial charge is 0.439 e. The number of nitrogens with zero attached hydrogens (tertiary/aromatic N) is 1. The molecule has 2 aromatic carbocycles. The summed E-state index contributed by atoms with van der Waals surface area (Å²) in [4.78, 5) is 26.7. The summed E-state index contributed by atoms with van der Waals surface area (Å²) in [5.74, 6) is -0.128. The number of thiophene rings is 1. The standard InChI is InChI=1S/C25H22N4O4S/c26-18-6-2-5-16(25(28)31)21(18)22(27)15-4-1-3-14(11-15)17-13-34-24-19(30)12-20(33-23(17)24)29-7-9-32-10-8-29/h1-6,11-13,27H,7-10,26H2,(H2,28,31). The van der Waals surface area contributed by atoms with Gasteiger partial charge < -0.3 is 25.5 Å². The van der Waals surface area contributed by atoms with E-state index in [9.17, 15) is 9.59 Å². The molecule has 0 spiro atoms. The lowest BCUT2D eigenvalue weighted by Crippen LogP contribution is -2.36. The Balaban J connectivity index is 1.59. The Morgan fingerprint density at radius 1 is 1.09 bits per heavy atom.